The minimum atomic E-state index is -0.0495. The van der Waals surface area contributed by atoms with Gasteiger partial charge in [0.25, 0.3) is 5.91 Å². The number of rotatable bonds is 5. The lowest BCUT2D eigenvalue weighted by Crippen LogP contribution is -2.25. The average Bonchev–Trinajstić information content (AvgIpc) is 2.48. The van der Waals surface area contributed by atoms with E-state index in [1.807, 2.05) is 49.6 Å². The van der Waals surface area contributed by atoms with Crippen LogP contribution >= 0.6 is 0 Å². The zero-order valence-electron chi connectivity index (χ0n) is 10.9. The van der Waals surface area contributed by atoms with Gasteiger partial charge in [0.15, 0.2) is 0 Å². The predicted molar refractivity (Wildman–Crippen MR) is 76.3 cm³/mol. The van der Waals surface area contributed by atoms with E-state index in [1.165, 1.54) is 0 Å². The molecule has 2 N–H and O–H groups in total. The Morgan fingerprint density at radius 3 is 2.63 bits per heavy atom. The lowest BCUT2D eigenvalue weighted by Gasteiger charge is -2.06. The minimum Gasteiger partial charge on any atom is -0.388 e. The molecule has 98 valence electrons. The van der Waals surface area contributed by atoms with Gasteiger partial charge in [-0.3, -0.25) is 9.78 Å². The van der Waals surface area contributed by atoms with Crippen molar-refractivity contribution in [2.24, 2.45) is 0 Å². The Balaban J connectivity index is 1.84. The molecule has 1 aromatic heterocycles. The van der Waals surface area contributed by atoms with Crippen LogP contribution in [0.2, 0.25) is 0 Å². The Hall–Kier alpha value is -2.36. The van der Waals surface area contributed by atoms with Crippen LogP contribution in [0.1, 0.15) is 15.9 Å². The smallest absolute Gasteiger partial charge is 0.251 e. The van der Waals surface area contributed by atoms with Gasteiger partial charge < -0.3 is 10.6 Å². The molecule has 0 fully saturated rings. The van der Waals surface area contributed by atoms with Crippen LogP contribution in [-0.4, -0.2) is 24.5 Å². The minimum absolute atomic E-state index is 0.0495. The second-order valence-electron chi connectivity index (χ2n) is 4.19. The van der Waals surface area contributed by atoms with E-state index in [0.717, 1.165) is 17.7 Å². The van der Waals surface area contributed by atoms with Gasteiger partial charge in [-0.2, -0.15) is 0 Å². The number of pyridine rings is 1. The highest BCUT2D eigenvalue weighted by atomic mass is 16.1. The Kier molecular flexibility index (Phi) is 4.50. The van der Waals surface area contributed by atoms with Crippen molar-refractivity contribution in [3.05, 3.63) is 59.9 Å². The summed E-state index contributed by atoms with van der Waals surface area (Å²) in [7, 11) is 1.85. The number of carbonyl (C=O) groups excluding carboxylic acids is 1. The molecule has 19 heavy (non-hydrogen) atoms. The monoisotopic (exact) mass is 255 g/mol. The van der Waals surface area contributed by atoms with Gasteiger partial charge in [-0.15, -0.1) is 0 Å². The first kappa shape index (κ1) is 13.1. The van der Waals surface area contributed by atoms with Crippen LogP contribution < -0.4 is 10.6 Å². The molecule has 0 radical (unpaired) electrons. The number of anilines is 1. The van der Waals surface area contributed by atoms with Crippen LogP contribution in [0.25, 0.3) is 0 Å². The van der Waals surface area contributed by atoms with Crippen LogP contribution in [0.5, 0.6) is 0 Å². The summed E-state index contributed by atoms with van der Waals surface area (Å²) in [4.78, 5) is 15.9. The molecular formula is C15H17N3O. The van der Waals surface area contributed by atoms with Gasteiger partial charge in [0, 0.05) is 37.2 Å². The third-order valence-electron chi connectivity index (χ3n) is 2.86. The molecule has 0 aliphatic carbocycles. The normalized spacial score (nSPS) is 9.95. The Morgan fingerprint density at radius 2 is 2.00 bits per heavy atom. The zero-order chi connectivity index (χ0) is 13.5. The fraction of sp³-hybridized carbons (Fsp3) is 0.200. The molecule has 1 aromatic carbocycles. The van der Waals surface area contributed by atoms with E-state index in [0.29, 0.717) is 12.1 Å². The molecule has 0 spiro atoms. The quantitative estimate of drug-likeness (QED) is 0.860. The largest absolute Gasteiger partial charge is 0.388 e. The number of benzene rings is 1. The van der Waals surface area contributed by atoms with Crippen molar-refractivity contribution < 1.29 is 4.79 Å². The van der Waals surface area contributed by atoms with E-state index in [4.69, 9.17) is 0 Å². The molecule has 0 saturated carbocycles. The second kappa shape index (κ2) is 6.54. The molecule has 0 saturated heterocycles. The maximum atomic E-state index is 11.9. The first-order chi connectivity index (χ1) is 9.29. The molecule has 0 bridgehead atoms. The van der Waals surface area contributed by atoms with Gasteiger partial charge in [0.1, 0.15) is 0 Å². The first-order valence-electron chi connectivity index (χ1n) is 6.24. The SMILES string of the molecule is CNc1ccc(C(=O)NCCc2cccnc2)cc1. The number of amides is 1. The molecule has 4 heteroatoms. The second-order valence-corrected chi connectivity index (χ2v) is 4.19. The first-order valence-corrected chi connectivity index (χ1v) is 6.24. The van der Waals surface area contributed by atoms with Gasteiger partial charge in [0.05, 0.1) is 0 Å². The summed E-state index contributed by atoms with van der Waals surface area (Å²) in [6.07, 6.45) is 4.34. The highest BCUT2D eigenvalue weighted by Gasteiger charge is 2.04. The molecule has 1 amide bonds. The van der Waals surface area contributed by atoms with Gasteiger partial charge in [0.2, 0.25) is 0 Å². The van der Waals surface area contributed by atoms with Crippen molar-refractivity contribution in [3.8, 4) is 0 Å². The van der Waals surface area contributed by atoms with Crippen molar-refractivity contribution in [1.29, 1.82) is 0 Å². The maximum Gasteiger partial charge on any atom is 0.251 e. The van der Waals surface area contributed by atoms with E-state index in [1.54, 1.807) is 6.20 Å². The fourth-order valence-electron chi connectivity index (χ4n) is 1.76. The third-order valence-corrected chi connectivity index (χ3v) is 2.86. The van der Waals surface area contributed by atoms with Crippen molar-refractivity contribution >= 4 is 11.6 Å². The highest BCUT2D eigenvalue weighted by Crippen LogP contribution is 2.08. The molecular weight excluding hydrogens is 238 g/mol. The summed E-state index contributed by atoms with van der Waals surface area (Å²) < 4.78 is 0. The molecule has 0 unspecified atom stereocenters. The fourth-order valence-corrected chi connectivity index (χ4v) is 1.76. The number of nitrogens with zero attached hydrogens (tertiary/aromatic N) is 1. The van der Waals surface area contributed by atoms with Crippen LogP contribution in [-0.2, 0) is 6.42 Å². The van der Waals surface area contributed by atoms with E-state index in [2.05, 4.69) is 15.6 Å². The van der Waals surface area contributed by atoms with Gasteiger partial charge >= 0.3 is 0 Å². The van der Waals surface area contributed by atoms with E-state index >= 15 is 0 Å². The lowest BCUT2D eigenvalue weighted by atomic mass is 10.2. The molecule has 1 heterocycles. The molecule has 0 atom stereocenters. The van der Waals surface area contributed by atoms with Gasteiger partial charge in [-0.25, -0.2) is 0 Å². The maximum absolute atomic E-state index is 11.9. The van der Waals surface area contributed by atoms with E-state index < -0.39 is 0 Å². The molecule has 0 aliphatic rings. The molecule has 2 rings (SSSR count). The summed E-state index contributed by atoms with van der Waals surface area (Å²) in [6, 6.07) is 11.3. The Bertz CT molecular complexity index is 523. The van der Waals surface area contributed by atoms with Gasteiger partial charge in [-0.1, -0.05) is 6.07 Å². The van der Waals surface area contributed by atoms with Crippen LogP contribution in [0.3, 0.4) is 0 Å². The topological polar surface area (TPSA) is 54.0 Å². The summed E-state index contributed by atoms with van der Waals surface area (Å²) in [6.45, 7) is 0.609. The standard InChI is InChI=1S/C15H17N3O/c1-16-14-6-4-13(5-7-14)15(19)18-10-8-12-3-2-9-17-11-12/h2-7,9,11,16H,8,10H2,1H3,(H,18,19). The lowest BCUT2D eigenvalue weighted by molar-refractivity contribution is 0.0954. The van der Waals surface area contributed by atoms with Crippen molar-refractivity contribution in [1.82, 2.24) is 10.3 Å². The van der Waals surface area contributed by atoms with Crippen molar-refractivity contribution in [3.63, 3.8) is 0 Å². The summed E-state index contributed by atoms with van der Waals surface area (Å²) in [5.74, 6) is -0.0495. The highest BCUT2D eigenvalue weighted by molar-refractivity contribution is 5.94. The number of nitrogens with one attached hydrogen (secondary N) is 2. The van der Waals surface area contributed by atoms with E-state index in [9.17, 15) is 4.79 Å². The summed E-state index contributed by atoms with van der Waals surface area (Å²) in [5, 5.41) is 5.92. The number of hydrogen-bond donors (Lipinski definition) is 2. The van der Waals surface area contributed by atoms with Gasteiger partial charge in [-0.05, 0) is 42.3 Å². The van der Waals surface area contributed by atoms with Crippen LogP contribution in [0.4, 0.5) is 5.69 Å². The van der Waals surface area contributed by atoms with Crippen molar-refractivity contribution in [2.75, 3.05) is 18.9 Å². The van der Waals surface area contributed by atoms with E-state index in [-0.39, 0.29) is 5.91 Å². The third kappa shape index (κ3) is 3.81. The molecule has 4 nitrogen and oxygen atoms in total. The van der Waals surface area contributed by atoms with Crippen LogP contribution in [0, 0.1) is 0 Å². The van der Waals surface area contributed by atoms with Crippen molar-refractivity contribution in [2.45, 2.75) is 6.42 Å². The molecule has 0 aliphatic heterocycles. The summed E-state index contributed by atoms with van der Waals surface area (Å²) in [5.41, 5.74) is 2.78. The summed E-state index contributed by atoms with van der Waals surface area (Å²) >= 11 is 0. The predicted octanol–water partition coefficient (Wildman–Crippen LogP) is 2.10. The zero-order valence-corrected chi connectivity index (χ0v) is 10.9. The molecule has 2 aromatic rings. The number of hydrogen-bond acceptors (Lipinski definition) is 3. The Morgan fingerprint density at radius 1 is 1.21 bits per heavy atom. The Labute approximate surface area is 112 Å². The van der Waals surface area contributed by atoms with Crippen LogP contribution in [0.15, 0.2) is 48.8 Å². The average molecular weight is 255 g/mol. The number of carbonyl (C=O) groups is 1. The number of aromatic nitrogens is 1.